The molecule has 1 aromatic heterocycles. The Kier molecular flexibility index (Phi) is 4.40. The zero-order valence-electron chi connectivity index (χ0n) is 14.1. The number of benzene rings is 1. The molecule has 0 saturated carbocycles. The Morgan fingerprint density at radius 3 is 2.29 bits per heavy atom. The molecule has 3 heteroatoms. The fraction of sp³-hybridized carbons (Fsp3) is 0.500. The van der Waals surface area contributed by atoms with Gasteiger partial charge >= 0.3 is 0 Å². The van der Waals surface area contributed by atoms with Crippen LogP contribution in [-0.2, 0) is 12.0 Å². The maximum atomic E-state index is 4.58. The number of aryl methyl sites for hydroxylation is 1. The van der Waals surface area contributed by atoms with Gasteiger partial charge in [0.2, 0.25) is 5.95 Å². The molecule has 0 aliphatic carbocycles. The molecule has 0 amide bonds. The molecular formula is C18H27N3. The molecule has 1 heterocycles. The number of aromatic nitrogens is 2. The van der Waals surface area contributed by atoms with Crippen molar-refractivity contribution in [1.82, 2.24) is 9.55 Å². The van der Waals surface area contributed by atoms with Crippen LogP contribution >= 0.6 is 0 Å². The summed E-state index contributed by atoms with van der Waals surface area (Å²) in [5.74, 6) is 1.52. The maximum absolute atomic E-state index is 4.58. The predicted octanol–water partition coefficient (Wildman–Crippen LogP) is 4.89. The van der Waals surface area contributed by atoms with Crippen molar-refractivity contribution in [1.29, 1.82) is 0 Å². The summed E-state index contributed by atoms with van der Waals surface area (Å²) in [5, 5.41) is 3.43. The van der Waals surface area contributed by atoms with Crippen LogP contribution in [0.25, 0.3) is 0 Å². The third-order valence-corrected chi connectivity index (χ3v) is 3.47. The molecule has 21 heavy (non-hydrogen) atoms. The largest absolute Gasteiger partial charge is 0.326 e. The lowest BCUT2D eigenvalue weighted by atomic mass is 9.87. The number of anilines is 2. The lowest BCUT2D eigenvalue weighted by molar-refractivity contribution is 0.527. The van der Waals surface area contributed by atoms with Gasteiger partial charge < -0.3 is 9.88 Å². The Balaban J connectivity index is 2.18. The molecule has 3 nitrogen and oxygen atoms in total. The summed E-state index contributed by atoms with van der Waals surface area (Å²) in [6.07, 6.45) is 2.10. The van der Waals surface area contributed by atoms with E-state index in [1.54, 1.807) is 0 Å². The minimum Gasteiger partial charge on any atom is -0.326 e. The summed E-state index contributed by atoms with van der Waals surface area (Å²) in [5.41, 5.74) is 3.66. The summed E-state index contributed by atoms with van der Waals surface area (Å²) in [7, 11) is 0. The minimum absolute atomic E-state index is 0.186. The predicted molar refractivity (Wildman–Crippen MR) is 90.2 cm³/mol. The third-order valence-electron chi connectivity index (χ3n) is 3.47. The molecule has 114 valence electrons. The van der Waals surface area contributed by atoms with Gasteiger partial charge in [0, 0.05) is 18.4 Å². The fourth-order valence-electron chi connectivity index (χ4n) is 2.36. The van der Waals surface area contributed by atoms with E-state index >= 15 is 0 Å². The van der Waals surface area contributed by atoms with Crippen LogP contribution in [0.2, 0.25) is 0 Å². The van der Waals surface area contributed by atoms with Crippen molar-refractivity contribution in [2.24, 2.45) is 5.92 Å². The van der Waals surface area contributed by atoms with Gasteiger partial charge in [0.1, 0.15) is 0 Å². The van der Waals surface area contributed by atoms with E-state index in [1.165, 1.54) is 5.56 Å². The second kappa shape index (κ2) is 5.92. The Hall–Kier alpha value is -1.77. The van der Waals surface area contributed by atoms with Gasteiger partial charge in [-0.25, -0.2) is 4.98 Å². The van der Waals surface area contributed by atoms with Gasteiger partial charge in [-0.2, -0.15) is 0 Å². The zero-order valence-corrected chi connectivity index (χ0v) is 14.1. The van der Waals surface area contributed by atoms with Crippen LogP contribution in [0.4, 0.5) is 11.6 Å². The van der Waals surface area contributed by atoms with E-state index in [0.717, 1.165) is 23.9 Å². The highest BCUT2D eigenvalue weighted by Gasteiger charge is 2.13. The SMILES string of the molecule is Cc1cn(CC(C)C)c(Nc2ccc(C(C)(C)C)cc2)n1. The van der Waals surface area contributed by atoms with E-state index in [4.69, 9.17) is 0 Å². The number of nitrogens with zero attached hydrogens (tertiary/aromatic N) is 2. The second-order valence-electron chi connectivity index (χ2n) is 7.20. The number of hydrogen-bond acceptors (Lipinski definition) is 2. The van der Waals surface area contributed by atoms with Crippen molar-refractivity contribution in [2.75, 3.05) is 5.32 Å². The molecule has 0 unspecified atom stereocenters. The first-order valence-corrected chi connectivity index (χ1v) is 7.67. The van der Waals surface area contributed by atoms with Gasteiger partial charge in [-0.05, 0) is 36.0 Å². The maximum Gasteiger partial charge on any atom is 0.207 e. The van der Waals surface area contributed by atoms with Crippen LogP contribution in [0.15, 0.2) is 30.5 Å². The molecule has 0 atom stereocenters. The topological polar surface area (TPSA) is 29.9 Å². The van der Waals surface area contributed by atoms with Gasteiger partial charge in [-0.1, -0.05) is 46.8 Å². The van der Waals surface area contributed by atoms with Crippen LogP contribution in [-0.4, -0.2) is 9.55 Å². The molecule has 0 bridgehead atoms. The van der Waals surface area contributed by atoms with Gasteiger partial charge in [-0.15, -0.1) is 0 Å². The molecule has 0 aliphatic heterocycles. The monoisotopic (exact) mass is 285 g/mol. The average Bonchev–Trinajstić information content (AvgIpc) is 2.68. The number of nitrogens with one attached hydrogen (secondary N) is 1. The van der Waals surface area contributed by atoms with Crippen molar-refractivity contribution in [3.8, 4) is 0 Å². The Morgan fingerprint density at radius 1 is 1.14 bits per heavy atom. The first kappa shape index (κ1) is 15.6. The van der Waals surface area contributed by atoms with Gasteiger partial charge in [0.15, 0.2) is 0 Å². The summed E-state index contributed by atoms with van der Waals surface area (Å²) < 4.78 is 2.19. The van der Waals surface area contributed by atoms with E-state index < -0.39 is 0 Å². The highest BCUT2D eigenvalue weighted by molar-refractivity contribution is 5.55. The van der Waals surface area contributed by atoms with Crippen molar-refractivity contribution in [3.05, 3.63) is 41.7 Å². The molecule has 0 spiro atoms. The van der Waals surface area contributed by atoms with Crippen LogP contribution < -0.4 is 5.32 Å². The Bertz CT molecular complexity index is 586. The molecule has 0 saturated heterocycles. The molecule has 1 N–H and O–H groups in total. The normalized spacial score (nSPS) is 12.0. The van der Waals surface area contributed by atoms with Crippen LogP contribution in [0.5, 0.6) is 0 Å². The van der Waals surface area contributed by atoms with E-state index in [9.17, 15) is 0 Å². The first-order chi connectivity index (χ1) is 9.75. The van der Waals surface area contributed by atoms with Gasteiger partial charge in [-0.3, -0.25) is 0 Å². The first-order valence-electron chi connectivity index (χ1n) is 7.67. The third kappa shape index (κ3) is 4.10. The quantitative estimate of drug-likeness (QED) is 0.867. The van der Waals surface area contributed by atoms with E-state index in [1.807, 2.05) is 6.92 Å². The van der Waals surface area contributed by atoms with Crippen molar-refractivity contribution in [2.45, 2.75) is 53.5 Å². The molecule has 0 fully saturated rings. The van der Waals surface area contributed by atoms with E-state index in [2.05, 4.69) is 79.9 Å². The Morgan fingerprint density at radius 2 is 1.76 bits per heavy atom. The molecule has 0 radical (unpaired) electrons. The lowest BCUT2D eigenvalue weighted by Gasteiger charge is -2.19. The summed E-state index contributed by atoms with van der Waals surface area (Å²) in [6, 6.07) is 8.63. The molecule has 2 aromatic rings. The standard InChI is InChI=1S/C18H27N3/c1-13(2)11-21-12-14(3)19-17(21)20-16-9-7-15(8-10-16)18(4,5)6/h7-10,12-13H,11H2,1-6H3,(H,19,20). The molecule has 0 aliphatic rings. The zero-order chi connectivity index (χ0) is 15.6. The Labute approximate surface area is 128 Å². The molecule has 1 aromatic carbocycles. The number of rotatable bonds is 4. The summed E-state index contributed by atoms with van der Waals surface area (Å²) >= 11 is 0. The number of hydrogen-bond donors (Lipinski definition) is 1. The van der Waals surface area contributed by atoms with Crippen LogP contribution in [0.1, 0.15) is 45.9 Å². The van der Waals surface area contributed by atoms with Crippen molar-refractivity contribution >= 4 is 11.6 Å². The minimum atomic E-state index is 0.186. The number of imidazole rings is 1. The summed E-state index contributed by atoms with van der Waals surface area (Å²) in [4.78, 5) is 4.58. The highest BCUT2D eigenvalue weighted by Crippen LogP contribution is 2.25. The van der Waals surface area contributed by atoms with Crippen molar-refractivity contribution in [3.63, 3.8) is 0 Å². The smallest absolute Gasteiger partial charge is 0.207 e. The summed E-state index contributed by atoms with van der Waals surface area (Å²) in [6.45, 7) is 14.1. The highest BCUT2D eigenvalue weighted by atomic mass is 15.2. The van der Waals surface area contributed by atoms with Gasteiger partial charge in [0.05, 0.1) is 5.69 Å². The second-order valence-corrected chi connectivity index (χ2v) is 7.20. The van der Waals surface area contributed by atoms with E-state index in [0.29, 0.717) is 5.92 Å². The van der Waals surface area contributed by atoms with Crippen molar-refractivity contribution < 1.29 is 0 Å². The van der Waals surface area contributed by atoms with E-state index in [-0.39, 0.29) is 5.41 Å². The average molecular weight is 285 g/mol. The van der Waals surface area contributed by atoms with Crippen LogP contribution in [0, 0.1) is 12.8 Å². The fourth-order valence-corrected chi connectivity index (χ4v) is 2.36. The van der Waals surface area contributed by atoms with Gasteiger partial charge in [0.25, 0.3) is 0 Å². The molecular weight excluding hydrogens is 258 g/mol. The van der Waals surface area contributed by atoms with Crippen LogP contribution in [0.3, 0.4) is 0 Å². The molecule has 2 rings (SSSR count). The lowest BCUT2D eigenvalue weighted by Crippen LogP contribution is -2.11.